The monoisotopic (exact) mass is 495 g/mol. The average molecular weight is 496 g/mol. The number of nitro benzene ring substituents is 1. The fraction of sp³-hybridized carbons (Fsp3) is 0.379. The van der Waals surface area contributed by atoms with Crippen molar-refractivity contribution in [2.45, 2.75) is 72.1 Å². The highest BCUT2D eigenvalue weighted by Crippen LogP contribution is 2.48. The van der Waals surface area contributed by atoms with Gasteiger partial charge < -0.3 is 10.2 Å². The van der Waals surface area contributed by atoms with E-state index in [1.807, 2.05) is 79.7 Å². The van der Waals surface area contributed by atoms with Crippen LogP contribution < -0.4 is 0 Å². The zero-order valence-corrected chi connectivity index (χ0v) is 22.4. The Hall–Kier alpha value is -3.05. The summed E-state index contributed by atoms with van der Waals surface area (Å²) in [5.41, 5.74) is 4.23. The molecule has 0 amide bonds. The van der Waals surface area contributed by atoms with Crippen LogP contribution in [0.5, 0.6) is 11.5 Å². The second-order valence-corrected chi connectivity index (χ2v) is 11.8. The van der Waals surface area contributed by atoms with Crippen molar-refractivity contribution in [2.75, 3.05) is 0 Å². The van der Waals surface area contributed by atoms with Gasteiger partial charge in [0.1, 0.15) is 16.5 Å². The van der Waals surface area contributed by atoms with Crippen molar-refractivity contribution in [1.29, 1.82) is 0 Å². The molecule has 2 N–H and O–H groups in total. The Kier molecular flexibility index (Phi) is 6.98. The lowest BCUT2D eigenvalue weighted by molar-refractivity contribution is -0.384. The molecule has 0 saturated carbocycles. The number of aryl methyl sites for hydroxylation is 2. The summed E-state index contributed by atoms with van der Waals surface area (Å²) in [5, 5.41) is 34.8. The fourth-order valence-corrected chi connectivity index (χ4v) is 4.76. The number of nitro groups is 1. The molecule has 5 nitrogen and oxygen atoms in total. The summed E-state index contributed by atoms with van der Waals surface area (Å²) >= 11 is 6.13. The van der Waals surface area contributed by atoms with E-state index >= 15 is 0 Å². The van der Waals surface area contributed by atoms with Crippen LogP contribution in [0.25, 0.3) is 0 Å². The third-order valence-electron chi connectivity index (χ3n) is 6.31. The lowest BCUT2D eigenvalue weighted by Crippen LogP contribution is -2.16. The molecular formula is C29H34ClNO4. The lowest BCUT2D eigenvalue weighted by Gasteiger charge is -2.29. The Morgan fingerprint density at radius 2 is 1.23 bits per heavy atom. The maximum absolute atomic E-state index is 11.7. The van der Waals surface area contributed by atoms with E-state index in [2.05, 4.69) is 0 Å². The number of benzene rings is 3. The topological polar surface area (TPSA) is 83.6 Å². The summed E-state index contributed by atoms with van der Waals surface area (Å²) in [4.78, 5) is 11.2. The Labute approximate surface area is 212 Å². The lowest BCUT2D eigenvalue weighted by atomic mass is 9.76. The van der Waals surface area contributed by atoms with E-state index in [9.17, 15) is 20.3 Å². The van der Waals surface area contributed by atoms with E-state index in [1.54, 1.807) is 6.07 Å². The maximum atomic E-state index is 11.7. The Morgan fingerprint density at radius 1 is 0.800 bits per heavy atom. The van der Waals surface area contributed by atoms with Crippen molar-refractivity contribution in [3.63, 3.8) is 0 Å². The second kappa shape index (κ2) is 9.19. The first-order chi connectivity index (χ1) is 16.0. The predicted octanol–water partition coefficient (Wildman–Crippen LogP) is 8.05. The van der Waals surface area contributed by atoms with Gasteiger partial charge in [-0.15, -0.1) is 0 Å². The molecule has 0 radical (unpaired) electrons. The van der Waals surface area contributed by atoms with Gasteiger partial charge in [0.2, 0.25) is 0 Å². The molecule has 0 unspecified atom stereocenters. The molecule has 0 aromatic heterocycles. The van der Waals surface area contributed by atoms with Crippen LogP contribution in [0.3, 0.4) is 0 Å². The van der Waals surface area contributed by atoms with E-state index in [4.69, 9.17) is 11.6 Å². The van der Waals surface area contributed by atoms with Crippen LogP contribution in [0, 0.1) is 24.0 Å². The maximum Gasteiger partial charge on any atom is 0.288 e. The van der Waals surface area contributed by atoms with Crippen LogP contribution in [0.4, 0.5) is 5.69 Å². The molecule has 3 rings (SSSR count). The van der Waals surface area contributed by atoms with Crippen LogP contribution in [0.15, 0.2) is 42.5 Å². The van der Waals surface area contributed by atoms with Gasteiger partial charge in [0, 0.05) is 23.1 Å². The molecule has 186 valence electrons. The van der Waals surface area contributed by atoms with E-state index in [0.717, 1.165) is 22.3 Å². The fourth-order valence-electron chi connectivity index (χ4n) is 4.57. The molecule has 0 aliphatic heterocycles. The van der Waals surface area contributed by atoms with E-state index in [1.165, 1.54) is 12.1 Å². The number of halogens is 1. The van der Waals surface area contributed by atoms with Crippen molar-refractivity contribution in [3.8, 4) is 11.5 Å². The highest BCUT2D eigenvalue weighted by Gasteiger charge is 2.31. The molecule has 0 fully saturated rings. The summed E-state index contributed by atoms with van der Waals surface area (Å²) in [7, 11) is 0. The minimum atomic E-state index is -0.659. The van der Waals surface area contributed by atoms with Gasteiger partial charge in [0.25, 0.3) is 5.69 Å². The van der Waals surface area contributed by atoms with Gasteiger partial charge in [0.05, 0.1) is 4.92 Å². The number of phenolic OH excluding ortho intramolecular Hbond substituents is 2. The van der Waals surface area contributed by atoms with E-state index < -0.39 is 10.8 Å². The molecule has 0 bridgehead atoms. The third-order valence-corrected chi connectivity index (χ3v) is 6.63. The summed E-state index contributed by atoms with van der Waals surface area (Å²) < 4.78 is 0. The smallest absolute Gasteiger partial charge is 0.288 e. The standard InChI is InChI=1S/C29H34ClNO4/c1-16-11-19(26(32)21(13-16)28(3,4)5)25(18-9-10-23(30)24(15-18)31(34)35)20-12-17(2)14-22(27(20)33)29(6,7)8/h9-15,25,32-33H,1-8H3. The molecule has 3 aromatic rings. The molecule has 35 heavy (non-hydrogen) atoms. The molecule has 0 heterocycles. The third kappa shape index (κ3) is 5.30. The normalized spacial score (nSPS) is 12.3. The molecule has 0 saturated heterocycles. The van der Waals surface area contributed by atoms with Gasteiger partial charge in [-0.1, -0.05) is 94.6 Å². The van der Waals surface area contributed by atoms with Crippen LogP contribution in [0.2, 0.25) is 5.02 Å². The largest absolute Gasteiger partial charge is 0.507 e. The molecule has 6 heteroatoms. The number of hydrogen-bond acceptors (Lipinski definition) is 4. The minimum Gasteiger partial charge on any atom is -0.507 e. The number of rotatable bonds is 4. The summed E-state index contributed by atoms with van der Waals surface area (Å²) in [6, 6.07) is 12.3. The zero-order valence-electron chi connectivity index (χ0n) is 21.7. The molecule has 0 aliphatic rings. The van der Waals surface area contributed by atoms with Gasteiger partial charge in [-0.05, 0) is 47.4 Å². The Bertz CT molecular complexity index is 1230. The Balaban J connectivity index is 2.48. The van der Waals surface area contributed by atoms with Gasteiger partial charge in [0.15, 0.2) is 0 Å². The highest BCUT2D eigenvalue weighted by molar-refractivity contribution is 6.32. The van der Waals surface area contributed by atoms with Crippen LogP contribution in [-0.4, -0.2) is 15.1 Å². The number of phenols is 2. The first-order valence-corrected chi connectivity index (χ1v) is 12.0. The second-order valence-electron chi connectivity index (χ2n) is 11.4. The summed E-state index contributed by atoms with van der Waals surface area (Å²) in [5.74, 6) is -0.430. The molecule has 0 spiro atoms. The molecule has 3 aromatic carbocycles. The zero-order chi connectivity index (χ0) is 26.5. The molecular weight excluding hydrogens is 462 g/mol. The minimum absolute atomic E-state index is 0.0326. The summed E-state index contributed by atoms with van der Waals surface area (Å²) in [6.45, 7) is 16.0. The SMILES string of the molecule is Cc1cc(C(c2ccc(Cl)c([N+](=O)[O-])c2)c2cc(C)cc(C(C)(C)C)c2O)c(O)c(C(C)(C)C)c1. The van der Waals surface area contributed by atoms with E-state index in [-0.39, 0.29) is 33.0 Å². The van der Waals surface area contributed by atoms with Crippen molar-refractivity contribution < 1.29 is 15.1 Å². The van der Waals surface area contributed by atoms with Crippen molar-refractivity contribution >= 4 is 17.3 Å². The molecule has 0 atom stereocenters. The van der Waals surface area contributed by atoms with E-state index in [0.29, 0.717) is 16.7 Å². The first-order valence-electron chi connectivity index (χ1n) is 11.6. The van der Waals surface area contributed by atoms with Gasteiger partial charge >= 0.3 is 0 Å². The van der Waals surface area contributed by atoms with Gasteiger partial charge in [-0.2, -0.15) is 0 Å². The highest BCUT2D eigenvalue weighted by atomic mass is 35.5. The number of nitrogens with zero attached hydrogens (tertiary/aromatic N) is 1. The number of aromatic hydroxyl groups is 2. The van der Waals surface area contributed by atoms with Crippen molar-refractivity contribution in [1.82, 2.24) is 0 Å². The van der Waals surface area contributed by atoms with Gasteiger partial charge in [-0.25, -0.2) is 0 Å². The quantitative estimate of drug-likeness (QED) is 0.218. The molecule has 0 aliphatic carbocycles. The van der Waals surface area contributed by atoms with Crippen LogP contribution in [-0.2, 0) is 10.8 Å². The number of hydrogen-bond donors (Lipinski definition) is 2. The average Bonchev–Trinajstić information content (AvgIpc) is 2.71. The van der Waals surface area contributed by atoms with Gasteiger partial charge in [-0.3, -0.25) is 10.1 Å². The predicted molar refractivity (Wildman–Crippen MR) is 142 cm³/mol. The van der Waals surface area contributed by atoms with Crippen LogP contribution in [0.1, 0.15) is 86.4 Å². The summed E-state index contributed by atoms with van der Waals surface area (Å²) in [6.07, 6.45) is 0. The Morgan fingerprint density at radius 3 is 1.60 bits per heavy atom. The van der Waals surface area contributed by atoms with Crippen molar-refractivity contribution in [3.05, 3.63) is 96.5 Å². The van der Waals surface area contributed by atoms with Crippen molar-refractivity contribution in [2.24, 2.45) is 0 Å². The first kappa shape index (κ1) is 26.6. The van der Waals surface area contributed by atoms with Crippen LogP contribution >= 0.6 is 11.6 Å².